The number of halogens is 1. The minimum atomic E-state index is 0.0784. The highest BCUT2D eigenvalue weighted by Crippen LogP contribution is 2.52. The van der Waals surface area contributed by atoms with Crippen LogP contribution < -0.4 is 22.1 Å². The van der Waals surface area contributed by atoms with E-state index in [1.165, 1.54) is 22.3 Å². The molecule has 156 valence electrons. The second-order valence-corrected chi connectivity index (χ2v) is 9.99. The third kappa shape index (κ3) is 3.27. The van der Waals surface area contributed by atoms with Crippen LogP contribution in [0.1, 0.15) is 29.5 Å². The van der Waals surface area contributed by atoms with Crippen molar-refractivity contribution in [1.29, 1.82) is 0 Å². The molecule has 0 aromatic carbocycles. The molecule has 3 aromatic rings. The number of hydrogen-bond acceptors (Lipinski definition) is 10. The van der Waals surface area contributed by atoms with Crippen LogP contribution >= 0.6 is 34.7 Å². The van der Waals surface area contributed by atoms with Crippen molar-refractivity contribution in [3.8, 4) is 0 Å². The topological polar surface area (TPSA) is 133 Å². The molecule has 1 saturated heterocycles. The molecule has 5 rings (SSSR count). The van der Waals surface area contributed by atoms with Gasteiger partial charge < -0.3 is 22.1 Å². The molecule has 2 aliphatic rings. The van der Waals surface area contributed by atoms with E-state index < -0.39 is 0 Å². The van der Waals surface area contributed by atoms with Gasteiger partial charge in [0.05, 0.1) is 22.4 Å². The molecule has 4 heterocycles. The van der Waals surface area contributed by atoms with E-state index in [1.54, 1.807) is 29.8 Å². The number of hydrogen-bond donors (Lipinski definition) is 3. The molecule has 0 unspecified atom stereocenters. The number of pyridine rings is 1. The van der Waals surface area contributed by atoms with E-state index in [1.807, 2.05) is 5.51 Å². The van der Waals surface area contributed by atoms with Crippen LogP contribution in [-0.4, -0.2) is 33.0 Å². The number of piperidine rings is 1. The third-order valence-corrected chi connectivity index (χ3v) is 8.59. The predicted molar refractivity (Wildman–Crippen MR) is 121 cm³/mol. The van der Waals surface area contributed by atoms with Crippen LogP contribution in [0, 0.1) is 5.41 Å². The Kier molecular flexibility index (Phi) is 4.97. The lowest BCUT2D eigenvalue weighted by molar-refractivity contribution is 0.187. The quantitative estimate of drug-likeness (QED) is 0.538. The van der Waals surface area contributed by atoms with E-state index in [0.717, 1.165) is 43.1 Å². The molecular formula is C19H21ClN8S2. The van der Waals surface area contributed by atoms with Gasteiger partial charge in [0.1, 0.15) is 16.7 Å². The summed E-state index contributed by atoms with van der Waals surface area (Å²) in [4.78, 5) is 21.8. The maximum absolute atomic E-state index is 6.60. The first kappa shape index (κ1) is 19.8. The summed E-state index contributed by atoms with van der Waals surface area (Å²) in [7, 11) is 0. The molecule has 0 bridgehead atoms. The Bertz CT molecular complexity index is 1100. The molecule has 30 heavy (non-hydrogen) atoms. The molecule has 8 nitrogen and oxygen atoms in total. The van der Waals surface area contributed by atoms with Gasteiger partial charge in [0.15, 0.2) is 5.82 Å². The Morgan fingerprint density at radius 3 is 2.70 bits per heavy atom. The second-order valence-electron chi connectivity index (χ2n) is 7.70. The number of nitrogen functional groups attached to an aromatic ring is 2. The lowest BCUT2D eigenvalue weighted by Crippen LogP contribution is -2.44. The second kappa shape index (κ2) is 7.52. The maximum Gasteiger partial charge on any atom is 0.158 e. The Labute approximate surface area is 187 Å². The lowest BCUT2D eigenvalue weighted by atomic mass is 9.74. The summed E-state index contributed by atoms with van der Waals surface area (Å²) in [5.41, 5.74) is 21.8. The maximum atomic E-state index is 6.60. The molecule has 1 spiro atoms. The molecule has 0 saturated carbocycles. The Hall–Kier alpha value is -2.14. The van der Waals surface area contributed by atoms with Crippen LogP contribution in [0.4, 0.5) is 17.5 Å². The molecular weight excluding hydrogens is 440 g/mol. The highest BCUT2D eigenvalue weighted by Gasteiger charge is 2.47. The van der Waals surface area contributed by atoms with Gasteiger partial charge in [-0.2, -0.15) is 0 Å². The normalized spacial score (nSPS) is 19.9. The predicted octanol–water partition coefficient (Wildman–Crippen LogP) is 3.14. The van der Waals surface area contributed by atoms with Crippen molar-refractivity contribution in [2.45, 2.75) is 35.2 Å². The summed E-state index contributed by atoms with van der Waals surface area (Å²) in [6, 6.07) is 1.86. The summed E-state index contributed by atoms with van der Waals surface area (Å²) < 4.78 is 0. The van der Waals surface area contributed by atoms with Crippen molar-refractivity contribution < 1.29 is 0 Å². The molecule has 0 amide bonds. The van der Waals surface area contributed by atoms with Crippen LogP contribution in [0.25, 0.3) is 0 Å². The number of nitrogens with two attached hydrogens (primary N) is 3. The first-order chi connectivity index (χ1) is 14.5. The number of aromatic nitrogens is 4. The van der Waals surface area contributed by atoms with Crippen molar-refractivity contribution in [1.82, 2.24) is 19.9 Å². The number of nitrogens with zero attached hydrogens (tertiary/aromatic N) is 5. The van der Waals surface area contributed by atoms with Crippen LogP contribution in [0.5, 0.6) is 0 Å². The molecule has 1 fully saturated rings. The smallest absolute Gasteiger partial charge is 0.158 e. The van der Waals surface area contributed by atoms with E-state index in [2.05, 4.69) is 24.8 Å². The fraction of sp³-hybridized carbons (Fsp3) is 0.368. The van der Waals surface area contributed by atoms with Crippen molar-refractivity contribution >= 4 is 52.2 Å². The van der Waals surface area contributed by atoms with Crippen LogP contribution in [0.15, 0.2) is 33.9 Å². The Balaban J connectivity index is 1.29. The average molecular weight is 461 g/mol. The van der Waals surface area contributed by atoms with Gasteiger partial charge >= 0.3 is 0 Å². The van der Waals surface area contributed by atoms with E-state index >= 15 is 0 Å². The van der Waals surface area contributed by atoms with E-state index in [0.29, 0.717) is 15.9 Å². The molecule has 0 radical (unpaired) electrons. The summed E-state index contributed by atoms with van der Waals surface area (Å²) in [5, 5.41) is 0.984. The molecule has 11 heteroatoms. The monoisotopic (exact) mass is 460 g/mol. The minimum absolute atomic E-state index is 0.0784. The zero-order chi connectivity index (χ0) is 20.9. The Morgan fingerprint density at radius 1 is 1.17 bits per heavy atom. The fourth-order valence-electron chi connectivity index (χ4n) is 4.29. The summed E-state index contributed by atoms with van der Waals surface area (Å²) in [6.45, 7) is 1.74. The first-order valence-electron chi connectivity index (χ1n) is 9.60. The minimum Gasteiger partial charge on any atom is -0.382 e. The van der Waals surface area contributed by atoms with E-state index in [-0.39, 0.29) is 17.3 Å². The van der Waals surface area contributed by atoms with Gasteiger partial charge in [0, 0.05) is 35.1 Å². The van der Waals surface area contributed by atoms with E-state index in [9.17, 15) is 0 Å². The highest BCUT2D eigenvalue weighted by molar-refractivity contribution is 7.99. The number of fused-ring (bicyclic) bond motifs is 1. The zero-order valence-corrected chi connectivity index (χ0v) is 18.5. The van der Waals surface area contributed by atoms with Crippen LogP contribution in [0.3, 0.4) is 0 Å². The van der Waals surface area contributed by atoms with Crippen molar-refractivity contribution in [3.63, 3.8) is 0 Å². The molecule has 1 atom stereocenters. The molecule has 6 N–H and O–H groups in total. The average Bonchev–Trinajstić information content (AvgIpc) is 3.29. The van der Waals surface area contributed by atoms with Gasteiger partial charge in [-0.05, 0) is 30.7 Å². The number of anilines is 3. The lowest BCUT2D eigenvalue weighted by Gasteiger charge is -2.42. The van der Waals surface area contributed by atoms with Gasteiger partial charge in [-0.1, -0.05) is 23.4 Å². The summed E-state index contributed by atoms with van der Waals surface area (Å²) >= 11 is 9.23. The van der Waals surface area contributed by atoms with Gasteiger partial charge in [-0.25, -0.2) is 19.9 Å². The SMILES string of the molecule is Nc1nc(N2CCC3(CC2)Cc2ncsc2[C@H]3N)cnc1Sc1ccnc(N)c1Cl. The standard InChI is InChI=1S/C19H21ClN8S2/c20-13-11(1-4-24-16(13)22)30-18-17(23)27-12(8-25-18)28-5-2-19(3-6-28)7-10-14(15(19)21)29-9-26-10/h1,4,8-9,15H,2-3,5-7,21H2,(H2,22,24)(H2,23,27)/t15-/m1/s1. The first-order valence-corrected chi connectivity index (χ1v) is 11.7. The highest BCUT2D eigenvalue weighted by atomic mass is 35.5. The van der Waals surface area contributed by atoms with Gasteiger partial charge in [0.25, 0.3) is 0 Å². The van der Waals surface area contributed by atoms with Crippen molar-refractivity contribution in [2.75, 3.05) is 29.5 Å². The van der Waals surface area contributed by atoms with Crippen molar-refractivity contribution in [2.24, 2.45) is 11.1 Å². The third-order valence-electron chi connectivity index (χ3n) is 6.06. The molecule has 3 aromatic heterocycles. The summed E-state index contributed by atoms with van der Waals surface area (Å²) in [6.07, 6.45) is 6.35. The molecule has 1 aliphatic carbocycles. The number of rotatable bonds is 3. The van der Waals surface area contributed by atoms with Crippen LogP contribution in [-0.2, 0) is 6.42 Å². The van der Waals surface area contributed by atoms with Crippen LogP contribution in [0.2, 0.25) is 5.02 Å². The zero-order valence-electron chi connectivity index (χ0n) is 16.1. The largest absolute Gasteiger partial charge is 0.382 e. The van der Waals surface area contributed by atoms with Gasteiger partial charge in [0.2, 0.25) is 0 Å². The summed E-state index contributed by atoms with van der Waals surface area (Å²) in [5.74, 6) is 1.43. The Morgan fingerprint density at radius 2 is 1.97 bits per heavy atom. The number of thiazole rings is 1. The van der Waals surface area contributed by atoms with Gasteiger partial charge in [-0.15, -0.1) is 11.3 Å². The molecule has 1 aliphatic heterocycles. The fourth-order valence-corrected chi connectivity index (χ4v) is 6.26. The van der Waals surface area contributed by atoms with Gasteiger partial charge in [-0.3, -0.25) is 0 Å². The van der Waals surface area contributed by atoms with Crippen molar-refractivity contribution in [3.05, 3.63) is 39.6 Å². The van der Waals surface area contributed by atoms with E-state index in [4.69, 9.17) is 28.8 Å².